The molecule has 0 aromatic heterocycles. The third kappa shape index (κ3) is 6.64. The Morgan fingerprint density at radius 2 is 1.55 bits per heavy atom. The van der Waals surface area contributed by atoms with Crippen LogP contribution in [0.1, 0.15) is 110 Å². The Morgan fingerprint density at radius 3 is 2.21 bits per heavy atom. The molecule has 10 heteroatoms. The van der Waals surface area contributed by atoms with Crippen molar-refractivity contribution >= 4 is 40.9 Å². The number of rotatable bonds is 10. The number of unbranched alkanes of at least 4 members (excludes halogenated alkanes) is 1. The van der Waals surface area contributed by atoms with E-state index in [0.717, 1.165) is 68.0 Å². The summed E-state index contributed by atoms with van der Waals surface area (Å²) in [6, 6.07) is 12.3. The molecule has 3 heterocycles. The number of nitrogens with one attached hydrogen (secondary N) is 3. The van der Waals surface area contributed by atoms with Crippen LogP contribution in [-0.4, -0.2) is 66.2 Å². The highest BCUT2D eigenvalue weighted by Crippen LogP contribution is 2.53. The van der Waals surface area contributed by atoms with E-state index in [0.29, 0.717) is 22.6 Å². The normalized spacial score (nSPS) is 22.5. The van der Waals surface area contributed by atoms with Gasteiger partial charge >= 0.3 is 0 Å². The molecule has 0 bridgehead atoms. The molecule has 2 saturated heterocycles. The Labute approximate surface area is 277 Å². The van der Waals surface area contributed by atoms with E-state index in [1.165, 1.54) is 6.42 Å². The molecule has 5 amide bonds. The summed E-state index contributed by atoms with van der Waals surface area (Å²) in [5, 5.41) is 8.98. The fraction of sp³-hybridized carbons (Fsp3) is 0.541. The molecule has 6 rings (SSSR count). The van der Waals surface area contributed by atoms with Gasteiger partial charge in [-0.1, -0.05) is 40.5 Å². The molecule has 2 aromatic rings. The van der Waals surface area contributed by atoms with E-state index >= 15 is 0 Å². The number of amides is 5. The molecule has 0 radical (unpaired) electrons. The Morgan fingerprint density at radius 1 is 0.872 bits per heavy atom. The largest absolute Gasteiger partial charge is 0.385 e. The summed E-state index contributed by atoms with van der Waals surface area (Å²) in [5.41, 5.74) is 3.50. The van der Waals surface area contributed by atoms with E-state index in [-0.39, 0.29) is 41.5 Å². The second kappa shape index (κ2) is 12.8. The molecule has 2 aromatic carbocycles. The lowest BCUT2D eigenvalue weighted by Crippen LogP contribution is -2.63. The average Bonchev–Trinajstić information content (AvgIpc) is 3.28. The summed E-state index contributed by atoms with van der Waals surface area (Å²) in [5.74, 6) is -1.28. The zero-order valence-corrected chi connectivity index (χ0v) is 28.0. The number of piperidine rings is 2. The predicted octanol–water partition coefficient (Wildman–Crippen LogP) is 5.14. The van der Waals surface area contributed by atoms with Crippen molar-refractivity contribution in [3.63, 3.8) is 0 Å². The Bertz CT molecular complexity index is 1560. The van der Waals surface area contributed by atoms with Crippen LogP contribution < -0.4 is 20.9 Å². The topological polar surface area (TPSA) is 128 Å². The first-order valence-electron chi connectivity index (χ1n) is 17.1. The van der Waals surface area contributed by atoms with Crippen molar-refractivity contribution < 1.29 is 24.0 Å². The van der Waals surface area contributed by atoms with Crippen LogP contribution in [0, 0.1) is 16.7 Å². The van der Waals surface area contributed by atoms with Gasteiger partial charge in [-0.15, -0.1) is 0 Å². The van der Waals surface area contributed by atoms with Crippen molar-refractivity contribution in [3.8, 4) is 0 Å². The molecule has 1 aliphatic carbocycles. The van der Waals surface area contributed by atoms with Gasteiger partial charge in [0.2, 0.25) is 11.8 Å². The SMILES string of the molecule is CC1(C)CC(C)(C)C1NC(=O)c1ccc(NCCCCC2CCN(c3ccc4c(c3)C(=O)N(C3CCC(=O)NC3=O)C4=O)CC2)cc1. The monoisotopic (exact) mass is 641 g/mol. The van der Waals surface area contributed by atoms with Crippen LogP contribution in [0.4, 0.5) is 11.4 Å². The van der Waals surface area contributed by atoms with Gasteiger partial charge in [0, 0.05) is 49.0 Å². The van der Waals surface area contributed by atoms with Crippen molar-refractivity contribution in [2.45, 2.75) is 91.1 Å². The molecule has 3 aliphatic heterocycles. The lowest BCUT2D eigenvalue weighted by molar-refractivity contribution is -0.136. The molecular formula is C37H47N5O5. The zero-order chi connectivity index (χ0) is 33.5. The van der Waals surface area contributed by atoms with Gasteiger partial charge in [0.15, 0.2) is 0 Å². The van der Waals surface area contributed by atoms with Crippen LogP contribution in [0.15, 0.2) is 42.5 Å². The van der Waals surface area contributed by atoms with Crippen molar-refractivity contribution in [2.24, 2.45) is 16.7 Å². The number of imide groups is 2. The lowest BCUT2D eigenvalue weighted by atomic mass is 9.52. The molecular weight excluding hydrogens is 594 g/mol. The number of hydrogen-bond acceptors (Lipinski definition) is 7. The number of carbonyl (C=O) groups is 5. The fourth-order valence-electron chi connectivity index (χ4n) is 8.58. The van der Waals surface area contributed by atoms with E-state index in [9.17, 15) is 24.0 Å². The molecule has 1 unspecified atom stereocenters. The van der Waals surface area contributed by atoms with E-state index in [4.69, 9.17) is 0 Å². The van der Waals surface area contributed by atoms with Gasteiger partial charge in [-0.05, 0) is 91.3 Å². The van der Waals surface area contributed by atoms with Crippen molar-refractivity contribution in [1.29, 1.82) is 0 Å². The quantitative estimate of drug-likeness (QED) is 0.242. The highest BCUT2D eigenvalue weighted by Gasteiger charge is 2.53. The molecule has 3 N–H and O–H groups in total. The van der Waals surface area contributed by atoms with Gasteiger partial charge in [0.25, 0.3) is 17.7 Å². The van der Waals surface area contributed by atoms with Crippen molar-refractivity contribution in [2.75, 3.05) is 29.9 Å². The molecule has 250 valence electrons. The Kier molecular flexibility index (Phi) is 8.89. The highest BCUT2D eigenvalue weighted by atomic mass is 16.2. The van der Waals surface area contributed by atoms with Crippen LogP contribution in [0.3, 0.4) is 0 Å². The predicted molar refractivity (Wildman–Crippen MR) is 180 cm³/mol. The summed E-state index contributed by atoms with van der Waals surface area (Å²) in [4.78, 5) is 66.3. The van der Waals surface area contributed by atoms with Gasteiger partial charge < -0.3 is 15.5 Å². The van der Waals surface area contributed by atoms with Crippen LogP contribution in [0.5, 0.6) is 0 Å². The maximum Gasteiger partial charge on any atom is 0.262 e. The van der Waals surface area contributed by atoms with Crippen LogP contribution in [0.25, 0.3) is 0 Å². The van der Waals surface area contributed by atoms with E-state index in [2.05, 4.69) is 48.5 Å². The number of benzene rings is 2. The van der Waals surface area contributed by atoms with Crippen LogP contribution in [0.2, 0.25) is 0 Å². The summed E-state index contributed by atoms with van der Waals surface area (Å²) >= 11 is 0. The minimum absolute atomic E-state index is 0.00960. The smallest absolute Gasteiger partial charge is 0.262 e. The molecule has 1 saturated carbocycles. The first-order valence-corrected chi connectivity index (χ1v) is 17.1. The van der Waals surface area contributed by atoms with Gasteiger partial charge in [0.05, 0.1) is 11.1 Å². The third-order valence-electron chi connectivity index (χ3n) is 10.7. The lowest BCUT2D eigenvalue weighted by Gasteiger charge is -2.57. The number of nitrogens with zero attached hydrogens (tertiary/aromatic N) is 2. The minimum Gasteiger partial charge on any atom is -0.385 e. The summed E-state index contributed by atoms with van der Waals surface area (Å²) in [6.45, 7) is 11.5. The molecule has 0 spiro atoms. The van der Waals surface area contributed by atoms with Gasteiger partial charge in [-0.3, -0.25) is 34.2 Å². The maximum absolute atomic E-state index is 13.2. The minimum atomic E-state index is -0.953. The number of carbonyl (C=O) groups excluding carboxylic acids is 5. The van der Waals surface area contributed by atoms with E-state index in [1.807, 2.05) is 30.3 Å². The van der Waals surface area contributed by atoms with Crippen LogP contribution in [-0.2, 0) is 9.59 Å². The summed E-state index contributed by atoms with van der Waals surface area (Å²) < 4.78 is 0. The number of anilines is 2. The molecule has 10 nitrogen and oxygen atoms in total. The number of fused-ring (bicyclic) bond motifs is 1. The Balaban J connectivity index is 0.912. The average molecular weight is 642 g/mol. The number of hydrogen-bond donors (Lipinski definition) is 3. The second-order valence-corrected chi connectivity index (χ2v) is 15.2. The first kappa shape index (κ1) is 32.7. The summed E-state index contributed by atoms with van der Waals surface area (Å²) in [7, 11) is 0. The Hall–Kier alpha value is -4.21. The van der Waals surface area contributed by atoms with E-state index in [1.54, 1.807) is 12.1 Å². The zero-order valence-electron chi connectivity index (χ0n) is 28.0. The third-order valence-corrected chi connectivity index (χ3v) is 10.7. The maximum atomic E-state index is 13.2. The fourth-order valence-corrected chi connectivity index (χ4v) is 8.58. The molecule has 1 atom stereocenters. The van der Waals surface area contributed by atoms with Crippen molar-refractivity contribution in [3.05, 3.63) is 59.2 Å². The second-order valence-electron chi connectivity index (χ2n) is 15.2. The van der Waals surface area contributed by atoms with Gasteiger partial charge in [-0.25, -0.2) is 0 Å². The first-order chi connectivity index (χ1) is 22.3. The van der Waals surface area contributed by atoms with Crippen molar-refractivity contribution in [1.82, 2.24) is 15.5 Å². The molecule has 3 fully saturated rings. The molecule has 4 aliphatic rings. The highest BCUT2D eigenvalue weighted by molar-refractivity contribution is 6.23. The molecule has 47 heavy (non-hydrogen) atoms. The van der Waals surface area contributed by atoms with Crippen LogP contribution >= 0.6 is 0 Å². The standard InChI is InChI=1S/C37H47N5O5/c1-36(2)22-37(3,4)35(36)40-31(44)24-8-10-25(11-9-24)38-18-6-5-7-23-16-19-41(20-17-23)26-12-13-27-28(21-26)34(47)42(33(27)46)29-14-15-30(43)39-32(29)45/h8-13,21,23,29,35,38H,5-7,14-20,22H2,1-4H3,(H,40,44)(H,39,43,45). The van der Waals surface area contributed by atoms with Gasteiger partial charge in [0.1, 0.15) is 6.04 Å². The van der Waals surface area contributed by atoms with E-state index < -0.39 is 23.8 Å². The summed E-state index contributed by atoms with van der Waals surface area (Å²) in [6.07, 6.45) is 6.87. The van der Waals surface area contributed by atoms with Gasteiger partial charge in [-0.2, -0.15) is 0 Å².